The van der Waals surface area contributed by atoms with Crippen LogP contribution in [0.4, 0.5) is 0 Å². The van der Waals surface area contributed by atoms with Gasteiger partial charge in [0.15, 0.2) is 0 Å². The summed E-state index contributed by atoms with van der Waals surface area (Å²) in [6.45, 7) is 6.10. The number of piperazine rings is 1. The molecule has 4 rings (SSSR count). The van der Waals surface area contributed by atoms with Gasteiger partial charge in [0.2, 0.25) is 0 Å². The van der Waals surface area contributed by atoms with Gasteiger partial charge >= 0.3 is 0 Å². The third-order valence-electron chi connectivity index (χ3n) is 7.04. The van der Waals surface area contributed by atoms with E-state index in [1.54, 1.807) is 0 Å². The topological polar surface area (TPSA) is 32.5 Å². The third kappa shape index (κ3) is 2.77. The van der Waals surface area contributed by atoms with Gasteiger partial charge < -0.3 is 5.73 Å². The van der Waals surface area contributed by atoms with Gasteiger partial charge in [0.25, 0.3) is 0 Å². The van der Waals surface area contributed by atoms with E-state index >= 15 is 0 Å². The van der Waals surface area contributed by atoms with E-state index in [2.05, 4.69) is 9.80 Å². The van der Waals surface area contributed by atoms with Crippen LogP contribution >= 0.6 is 0 Å². The Kier molecular flexibility index (Phi) is 4.01. The van der Waals surface area contributed by atoms with E-state index < -0.39 is 0 Å². The molecule has 0 spiro atoms. The van der Waals surface area contributed by atoms with Crippen LogP contribution in [0.25, 0.3) is 0 Å². The summed E-state index contributed by atoms with van der Waals surface area (Å²) in [6, 6.07) is 0.831. The van der Waals surface area contributed by atoms with Crippen molar-refractivity contribution in [2.75, 3.05) is 32.7 Å². The minimum atomic E-state index is 0.356. The van der Waals surface area contributed by atoms with E-state index in [0.717, 1.165) is 24.4 Å². The van der Waals surface area contributed by atoms with Crippen LogP contribution in [-0.2, 0) is 0 Å². The molecular weight excluding hydrogens is 258 g/mol. The molecule has 3 atom stereocenters. The van der Waals surface area contributed by atoms with Gasteiger partial charge in [-0.1, -0.05) is 19.3 Å². The quantitative estimate of drug-likeness (QED) is 0.867. The van der Waals surface area contributed by atoms with E-state index in [9.17, 15) is 0 Å². The smallest absolute Gasteiger partial charge is 0.0335 e. The van der Waals surface area contributed by atoms with E-state index in [4.69, 9.17) is 5.73 Å². The summed E-state index contributed by atoms with van der Waals surface area (Å²) in [5, 5.41) is 0. The SMILES string of the molecule is NCC1(N2CCN3CCCCC3C2)CCCC(C2CC2)C1. The summed E-state index contributed by atoms with van der Waals surface area (Å²) in [5.74, 6) is 2.05. The average molecular weight is 291 g/mol. The lowest BCUT2D eigenvalue weighted by molar-refractivity contribution is -0.0372. The Labute approximate surface area is 130 Å². The highest BCUT2D eigenvalue weighted by atomic mass is 15.3. The molecule has 4 fully saturated rings. The summed E-state index contributed by atoms with van der Waals surface area (Å²) in [5.41, 5.74) is 6.72. The number of hydrogen-bond acceptors (Lipinski definition) is 3. The molecule has 0 aromatic rings. The van der Waals surface area contributed by atoms with E-state index in [-0.39, 0.29) is 0 Å². The molecule has 21 heavy (non-hydrogen) atoms. The molecule has 3 heteroatoms. The number of hydrogen-bond donors (Lipinski definition) is 1. The van der Waals surface area contributed by atoms with E-state index in [0.29, 0.717) is 5.54 Å². The van der Waals surface area contributed by atoms with Gasteiger partial charge in [0.1, 0.15) is 0 Å². The van der Waals surface area contributed by atoms with Crippen LogP contribution in [0.15, 0.2) is 0 Å². The van der Waals surface area contributed by atoms with Gasteiger partial charge in [-0.05, 0) is 56.9 Å². The van der Waals surface area contributed by atoms with Gasteiger partial charge in [0, 0.05) is 37.8 Å². The first kappa shape index (κ1) is 14.5. The molecule has 0 aromatic heterocycles. The van der Waals surface area contributed by atoms with Gasteiger partial charge in [-0.3, -0.25) is 9.80 Å². The van der Waals surface area contributed by atoms with Crippen molar-refractivity contribution in [2.24, 2.45) is 17.6 Å². The van der Waals surface area contributed by atoms with Crippen LogP contribution < -0.4 is 5.73 Å². The molecule has 0 aromatic carbocycles. The predicted molar refractivity (Wildman–Crippen MR) is 87.3 cm³/mol. The molecule has 0 amide bonds. The van der Waals surface area contributed by atoms with Crippen molar-refractivity contribution in [3.8, 4) is 0 Å². The molecule has 2 N–H and O–H groups in total. The normalized spacial score (nSPS) is 42.7. The fourth-order valence-electron chi connectivity index (χ4n) is 5.54. The largest absolute Gasteiger partial charge is 0.329 e. The first-order valence-electron chi connectivity index (χ1n) is 9.50. The van der Waals surface area contributed by atoms with Crippen molar-refractivity contribution in [3.63, 3.8) is 0 Å². The minimum Gasteiger partial charge on any atom is -0.329 e. The second-order valence-corrected chi connectivity index (χ2v) is 8.25. The van der Waals surface area contributed by atoms with Gasteiger partial charge in [-0.15, -0.1) is 0 Å². The second kappa shape index (κ2) is 5.82. The van der Waals surface area contributed by atoms with Crippen LogP contribution in [0.5, 0.6) is 0 Å². The molecule has 4 aliphatic rings. The van der Waals surface area contributed by atoms with Crippen LogP contribution in [0.3, 0.4) is 0 Å². The molecule has 0 bridgehead atoms. The summed E-state index contributed by atoms with van der Waals surface area (Å²) >= 11 is 0. The summed E-state index contributed by atoms with van der Waals surface area (Å²) in [4.78, 5) is 5.60. The molecule has 2 heterocycles. The first-order valence-corrected chi connectivity index (χ1v) is 9.50. The average Bonchev–Trinajstić information content (AvgIpc) is 3.39. The standard InChI is InChI=1S/C18H33N3/c19-14-18(8-3-4-16(12-18)15-6-7-15)21-11-10-20-9-2-1-5-17(20)13-21/h15-17H,1-14,19H2. The molecule has 3 unspecified atom stereocenters. The number of nitrogens with zero attached hydrogens (tertiary/aromatic N) is 2. The molecular formula is C18H33N3. The fraction of sp³-hybridized carbons (Fsp3) is 1.00. The Morgan fingerprint density at radius 2 is 1.81 bits per heavy atom. The zero-order valence-electron chi connectivity index (χ0n) is 13.6. The maximum atomic E-state index is 6.36. The molecule has 120 valence electrons. The maximum Gasteiger partial charge on any atom is 0.0335 e. The Morgan fingerprint density at radius 3 is 2.62 bits per heavy atom. The predicted octanol–water partition coefficient (Wildman–Crippen LogP) is 2.45. The molecule has 2 saturated carbocycles. The Balaban J connectivity index is 1.46. The lowest BCUT2D eigenvalue weighted by Crippen LogP contribution is -2.65. The number of piperidine rings is 1. The van der Waals surface area contributed by atoms with Crippen molar-refractivity contribution < 1.29 is 0 Å². The number of rotatable bonds is 3. The minimum absolute atomic E-state index is 0.356. The van der Waals surface area contributed by atoms with Gasteiger partial charge in [0.05, 0.1) is 0 Å². The van der Waals surface area contributed by atoms with Crippen molar-refractivity contribution in [1.29, 1.82) is 0 Å². The number of fused-ring (bicyclic) bond motifs is 1. The maximum absolute atomic E-state index is 6.36. The summed E-state index contributed by atoms with van der Waals surface area (Å²) in [6.07, 6.45) is 12.9. The van der Waals surface area contributed by atoms with Crippen LogP contribution in [0.1, 0.15) is 57.8 Å². The first-order chi connectivity index (χ1) is 10.3. The second-order valence-electron chi connectivity index (χ2n) is 8.25. The van der Waals surface area contributed by atoms with Gasteiger partial charge in [-0.25, -0.2) is 0 Å². The summed E-state index contributed by atoms with van der Waals surface area (Å²) < 4.78 is 0. The van der Waals surface area contributed by atoms with Crippen LogP contribution in [0, 0.1) is 11.8 Å². The lowest BCUT2D eigenvalue weighted by atomic mass is 9.72. The highest BCUT2D eigenvalue weighted by molar-refractivity contribution is 5.02. The third-order valence-corrected chi connectivity index (χ3v) is 7.04. The van der Waals surface area contributed by atoms with Crippen LogP contribution in [-0.4, -0.2) is 54.1 Å². The van der Waals surface area contributed by atoms with Crippen LogP contribution in [0.2, 0.25) is 0 Å². The van der Waals surface area contributed by atoms with Gasteiger partial charge in [-0.2, -0.15) is 0 Å². The Morgan fingerprint density at radius 1 is 0.905 bits per heavy atom. The highest BCUT2D eigenvalue weighted by Crippen LogP contribution is 2.48. The van der Waals surface area contributed by atoms with Crippen molar-refractivity contribution in [3.05, 3.63) is 0 Å². The van der Waals surface area contributed by atoms with E-state index in [1.165, 1.54) is 84.0 Å². The summed E-state index contributed by atoms with van der Waals surface area (Å²) in [7, 11) is 0. The zero-order chi connectivity index (χ0) is 14.3. The fourth-order valence-corrected chi connectivity index (χ4v) is 5.54. The Bertz CT molecular complexity index is 367. The molecule has 2 saturated heterocycles. The van der Waals surface area contributed by atoms with Crippen molar-refractivity contribution in [1.82, 2.24) is 9.80 Å². The molecule has 0 radical (unpaired) electrons. The van der Waals surface area contributed by atoms with Crippen molar-refractivity contribution >= 4 is 0 Å². The monoisotopic (exact) mass is 291 g/mol. The van der Waals surface area contributed by atoms with Crippen molar-refractivity contribution in [2.45, 2.75) is 69.4 Å². The lowest BCUT2D eigenvalue weighted by Gasteiger charge is -2.54. The molecule has 2 aliphatic carbocycles. The molecule has 3 nitrogen and oxygen atoms in total. The highest BCUT2D eigenvalue weighted by Gasteiger charge is 2.46. The zero-order valence-corrected chi connectivity index (χ0v) is 13.6. The van der Waals surface area contributed by atoms with E-state index in [1.807, 2.05) is 0 Å². The number of nitrogens with two attached hydrogens (primary N) is 1. The Hall–Kier alpha value is -0.120. The molecule has 2 aliphatic heterocycles.